The Bertz CT molecular complexity index is 614. The number of nitro groups is 1. The largest absolute Gasteiger partial charge is 0.313 e. The third kappa shape index (κ3) is 2.10. The van der Waals surface area contributed by atoms with Gasteiger partial charge in [0.1, 0.15) is 11.6 Å². The molecule has 0 saturated heterocycles. The maximum atomic E-state index is 13.0. The molecule has 0 atom stereocenters. The third-order valence-electron chi connectivity index (χ3n) is 2.48. The first-order valence-corrected chi connectivity index (χ1v) is 6.05. The van der Waals surface area contributed by atoms with E-state index in [1.165, 1.54) is 6.07 Å². The van der Waals surface area contributed by atoms with E-state index in [1.54, 1.807) is 11.6 Å². The van der Waals surface area contributed by atoms with Gasteiger partial charge in [-0.3, -0.25) is 10.1 Å². The topological polar surface area (TPSA) is 73.8 Å². The predicted octanol–water partition coefficient (Wildman–Crippen LogP) is 2.42. The van der Waals surface area contributed by atoms with E-state index in [1.807, 2.05) is 0 Å². The van der Waals surface area contributed by atoms with Gasteiger partial charge in [-0.25, -0.2) is 4.39 Å². The number of benzene rings is 1. The van der Waals surface area contributed by atoms with Gasteiger partial charge in [0.25, 0.3) is 5.69 Å². The summed E-state index contributed by atoms with van der Waals surface area (Å²) in [6.45, 7) is 0. The molecular formula is C10H8BrFN4O2. The molecule has 0 aliphatic heterocycles. The molecule has 1 aromatic heterocycles. The van der Waals surface area contributed by atoms with Crippen LogP contribution in [-0.4, -0.2) is 19.7 Å². The summed E-state index contributed by atoms with van der Waals surface area (Å²) in [5.74, 6) is 0.299. The summed E-state index contributed by atoms with van der Waals surface area (Å²) in [6, 6.07) is 3.36. The lowest BCUT2D eigenvalue weighted by Gasteiger charge is -2.03. The molecular weight excluding hydrogens is 307 g/mol. The van der Waals surface area contributed by atoms with E-state index in [2.05, 4.69) is 26.1 Å². The molecule has 0 saturated carbocycles. The summed E-state index contributed by atoms with van der Waals surface area (Å²) in [5.41, 5.74) is -0.0878. The summed E-state index contributed by atoms with van der Waals surface area (Å²) in [7, 11) is 1.69. The zero-order valence-electron chi connectivity index (χ0n) is 9.30. The number of aromatic nitrogens is 3. The Morgan fingerprint density at radius 2 is 2.22 bits per heavy atom. The van der Waals surface area contributed by atoms with Crippen LogP contribution in [0.3, 0.4) is 0 Å². The molecule has 2 aromatic rings. The van der Waals surface area contributed by atoms with Crippen molar-refractivity contribution in [1.82, 2.24) is 14.8 Å². The fourth-order valence-electron chi connectivity index (χ4n) is 1.56. The van der Waals surface area contributed by atoms with Crippen LogP contribution in [-0.2, 0) is 12.4 Å². The van der Waals surface area contributed by atoms with Crippen LogP contribution in [0.25, 0.3) is 11.4 Å². The van der Waals surface area contributed by atoms with Gasteiger partial charge >= 0.3 is 0 Å². The summed E-state index contributed by atoms with van der Waals surface area (Å²) < 4.78 is 14.7. The Kier molecular flexibility index (Phi) is 3.37. The van der Waals surface area contributed by atoms with Crippen LogP contribution >= 0.6 is 15.9 Å². The predicted molar refractivity (Wildman–Crippen MR) is 65.7 cm³/mol. The summed E-state index contributed by atoms with van der Waals surface area (Å²) in [6.07, 6.45) is 0. The SMILES string of the molecule is Cn1c(CBr)nnc1-c1ccc(F)cc1[N+](=O)[O-]. The Morgan fingerprint density at radius 1 is 1.50 bits per heavy atom. The lowest BCUT2D eigenvalue weighted by Crippen LogP contribution is -2.00. The molecule has 94 valence electrons. The second-order valence-electron chi connectivity index (χ2n) is 3.55. The second kappa shape index (κ2) is 4.81. The second-order valence-corrected chi connectivity index (χ2v) is 4.11. The van der Waals surface area contributed by atoms with E-state index in [0.717, 1.165) is 12.1 Å². The molecule has 8 heteroatoms. The van der Waals surface area contributed by atoms with E-state index in [4.69, 9.17) is 0 Å². The zero-order valence-corrected chi connectivity index (χ0v) is 10.9. The first-order valence-electron chi connectivity index (χ1n) is 4.93. The van der Waals surface area contributed by atoms with Gasteiger partial charge in [-0.1, -0.05) is 15.9 Å². The van der Waals surface area contributed by atoms with E-state index >= 15 is 0 Å². The molecule has 0 aliphatic carbocycles. The van der Waals surface area contributed by atoms with Gasteiger partial charge in [0, 0.05) is 7.05 Å². The van der Waals surface area contributed by atoms with Gasteiger partial charge in [0.15, 0.2) is 5.82 Å². The van der Waals surface area contributed by atoms with Gasteiger partial charge in [0.2, 0.25) is 0 Å². The standard InChI is InChI=1S/C10H8BrFN4O2/c1-15-9(5-11)13-14-10(15)7-3-2-6(12)4-8(7)16(17)18/h2-4H,5H2,1H3. The number of nitro benzene ring substituents is 1. The highest BCUT2D eigenvalue weighted by Crippen LogP contribution is 2.29. The molecule has 6 nitrogen and oxygen atoms in total. The van der Waals surface area contributed by atoms with E-state index in [9.17, 15) is 14.5 Å². The highest BCUT2D eigenvalue weighted by atomic mass is 79.9. The van der Waals surface area contributed by atoms with Crippen molar-refractivity contribution in [1.29, 1.82) is 0 Å². The van der Waals surface area contributed by atoms with Crippen molar-refractivity contribution in [3.05, 3.63) is 40.0 Å². The van der Waals surface area contributed by atoms with Gasteiger partial charge in [-0.15, -0.1) is 10.2 Å². The molecule has 0 radical (unpaired) electrons. The Morgan fingerprint density at radius 3 is 2.78 bits per heavy atom. The van der Waals surface area contributed by atoms with E-state index in [0.29, 0.717) is 17.0 Å². The average Bonchev–Trinajstić information content (AvgIpc) is 2.70. The van der Waals surface area contributed by atoms with Crippen molar-refractivity contribution in [2.75, 3.05) is 0 Å². The molecule has 1 aromatic carbocycles. The minimum Gasteiger partial charge on any atom is -0.313 e. The Labute approximate surface area is 110 Å². The van der Waals surface area contributed by atoms with Crippen molar-refractivity contribution >= 4 is 21.6 Å². The van der Waals surface area contributed by atoms with Crippen molar-refractivity contribution in [3.63, 3.8) is 0 Å². The number of alkyl halides is 1. The van der Waals surface area contributed by atoms with E-state index in [-0.39, 0.29) is 11.3 Å². The number of nitrogens with zero attached hydrogens (tertiary/aromatic N) is 4. The first-order chi connectivity index (χ1) is 8.54. The normalized spacial score (nSPS) is 10.6. The lowest BCUT2D eigenvalue weighted by molar-refractivity contribution is -0.384. The van der Waals surface area contributed by atoms with Crippen LogP contribution in [0.5, 0.6) is 0 Å². The molecule has 0 unspecified atom stereocenters. The smallest absolute Gasteiger partial charge is 0.283 e. The quantitative estimate of drug-likeness (QED) is 0.495. The van der Waals surface area contributed by atoms with Crippen LogP contribution in [0, 0.1) is 15.9 Å². The number of rotatable bonds is 3. The van der Waals surface area contributed by atoms with Gasteiger partial charge < -0.3 is 4.57 Å². The van der Waals surface area contributed by atoms with Crippen LogP contribution in [0.15, 0.2) is 18.2 Å². The fraction of sp³-hybridized carbons (Fsp3) is 0.200. The summed E-state index contributed by atoms with van der Waals surface area (Å²) in [4.78, 5) is 10.3. The Hall–Kier alpha value is -1.83. The van der Waals surface area contributed by atoms with Crippen LogP contribution in [0.2, 0.25) is 0 Å². The molecule has 1 heterocycles. The van der Waals surface area contributed by atoms with Gasteiger partial charge in [-0.05, 0) is 12.1 Å². The molecule has 0 bridgehead atoms. The third-order valence-corrected chi connectivity index (χ3v) is 2.98. The first kappa shape index (κ1) is 12.6. The van der Waals surface area contributed by atoms with E-state index < -0.39 is 10.7 Å². The summed E-state index contributed by atoms with van der Waals surface area (Å²) >= 11 is 3.24. The fourth-order valence-corrected chi connectivity index (χ4v) is 2.05. The molecule has 2 rings (SSSR count). The van der Waals surface area contributed by atoms with Crippen LogP contribution < -0.4 is 0 Å². The maximum Gasteiger partial charge on any atom is 0.283 e. The number of halogens is 2. The summed E-state index contributed by atoms with van der Waals surface area (Å²) in [5, 5.41) is 19.2. The van der Waals surface area contributed by atoms with Crippen molar-refractivity contribution in [3.8, 4) is 11.4 Å². The lowest BCUT2D eigenvalue weighted by atomic mass is 10.1. The molecule has 18 heavy (non-hydrogen) atoms. The zero-order chi connectivity index (χ0) is 13.3. The number of hydrogen-bond donors (Lipinski definition) is 0. The van der Waals surface area contributed by atoms with Crippen molar-refractivity contribution in [2.24, 2.45) is 7.05 Å². The average molecular weight is 315 g/mol. The van der Waals surface area contributed by atoms with Crippen LogP contribution in [0.1, 0.15) is 5.82 Å². The maximum absolute atomic E-state index is 13.0. The van der Waals surface area contributed by atoms with Crippen molar-refractivity contribution in [2.45, 2.75) is 5.33 Å². The Balaban J connectivity index is 2.63. The van der Waals surface area contributed by atoms with Crippen molar-refractivity contribution < 1.29 is 9.31 Å². The highest BCUT2D eigenvalue weighted by Gasteiger charge is 2.21. The molecule has 0 amide bonds. The monoisotopic (exact) mass is 314 g/mol. The van der Waals surface area contributed by atoms with Crippen LogP contribution in [0.4, 0.5) is 10.1 Å². The number of hydrogen-bond acceptors (Lipinski definition) is 4. The molecule has 0 N–H and O–H groups in total. The van der Waals surface area contributed by atoms with Gasteiger partial charge in [0.05, 0.1) is 21.9 Å². The van der Waals surface area contributed by atoms with Gasteiger partial charge in [-0.2, -0.15) is 0 Å². The minimum absolute atomic E-state index is 0.239. The molecule has 0 aliphatic rings. The molecule has 0 fully saturated rings. The molecule has 0 spiro atoms. The minimum atomic E-state index is -0.659. The highest BCUT2D eigenvalue weighted by molar-refractivity contribution is 9.08.